The van der Waals surface area contributed by atoms with Crippen LogP contribution in [-0.2, 0) is 11.3 Å². The molecule has 1 amide bonds. The number of rotatable bonds is 7. The lowest BCUT2D eigenvalue weighted by molar-refractivity contribution is -0.120. The second-order valence-corrected chi connectivity index (χ2v) is 4.24. The third-order valence-electron chi connectivity index (χ3n) is 2.07. The second-order valence-electron chi connectivity index (χ2n) is 4.24. The zero-order valence-electron chi connectivity index (χ0n) is 10.3. The molecule has 0 spiro atoms. The summed E-state index contributed by atoms with van der Waals surface area (Å²) in [6, 6.07) is 1.94. The van der Waals surface area contributed by atoms with Gasteiger partial charge in [-0.25, -0.2) is 0 Å². The second kappa shape index (κ2) is 7.03. The first-order chi connectivity index (χ1) is 8.08. The molecule has 1 aromatic rings. The molecule has 96 valence electrons. The summed E-state index contributed by atoms with van der Waals surface area (Å²) in [5, 5.41) is 19.3. The lowest BCUT2D eigenvalue weighted by atomic mass is 10.3. The number of nitrogens with zero attached hydrogens (tertiary/aromatic N) is 2. The van der Waals surface area contributed by atoms with E-state index in [1.165, 1.54) is 0 Å². The van der Waals surface area contributed by atoms with Crippen molar-refractivity contribution in [1.29, 1.82) is 0 Å². The number of carbonyl (C=O) groups excluding carboxylic acids is 1. The lowest BCUT2D eigenvalue weighted by Crippen LogP contribution is -2.40. The van der Waals surface area contributed by atoms with Gasteiger partial charge in [0.15, 0.2) is 0 Å². The van der Waals surface area contributed by atoms with Crippen LogP contribution in [0.2, 0.25) is 0 Å². The Bertz CT molecular complexity index is 324. The first-order valence-electron chi connectivity index (χ1n) is 5.73. The average Bonchev–Trinajstić information content (AvgIpc) is 2.69. The Hall–Kier alpha value is -1.40. The normalized spacial score (nSPS) is 12.7. The molecule has 0 aliphatic carbocycles. The molecular weight excluding hydrogens is 220 g/mol. The molecule has 3 N–H and O–H groups in total. The molecule has 17 heavy (non-hydrogen) atoms. The number of amides is 1. The number of aromatic nitrogens is 2. The lowest BCUT2D eigenvalue weighted by Gasteiger charge is -2.13. The first kappa shape index (κ1) is 13.7. The maximum atomic E-state index is 11.3. The number of hydrogen-bond donors (Lipinski definition) is 3. The predicted octanol–water partition coefficient (Wildman–Crippen LogP) is -0.642. The van der Waals surface area contributed by atoms with E-state index in [1.807, 2.05) is 13.8 Å². The van der Waals surface area contributed by atoms with E-state index in [2.05, 4.69) is 15.7 Å². The van der Waals surface area contributed by atoms with Gasteiger partial charge in [-0.15, -0.1) is 0 Å². The number of carbonyl (C=O) groups is 1. The minimum Gasteiger partial charge on any atom is -0.390 e. The Balaban J connectivity index is 2.12. The molecule has 1 atom stereocenters. The van der Waals surface area contributed by atoms with Crippen molar-refractivity contribution < 1.29 is 9.90 Å². The highest BCUT2D eigenvalue weighted by atomic mass is 16.3. The van der Waals surface area contributed by atoms with Gasteiger partial charge < -0.3 is 15.7 Å². The van der Waals surface area contributed by atoms with Gasteiger partial charge in [-0.3, -0.25) is 9.48 Å². The molecule has 0 radical (unpaired) electrons. The Morgan fingerprint density at radius 1 is 1.53 bits per heavy atom. The first-order valence-corrected chi connectivity index (χ1v) is 5.73. The molecule has 1 heterocycles. The van der Waals surface area contributed by atoms with Crippen LogP contribution in [0.1, 0.15) is 13.8 Å². The van der Waals surface area contributed by atoms with Gasteiger partial charge in [0.2, 0.25) is 5.91 Å². The van der Waals surface area contributed by atoms with Crippen LogP contribution in [-0.4, -0.2) is 46.0 Å². The quantitative estimate of drug-likeness (QED) is 0.592. The molecule has 0 bridgehead atoms. The van der Waals surface area contributed by atoms with E-state index >= 15 is 0 Å². The number of nitrogens with one attached hydrogen (secondary N) is 2. The Labute approximate surface area is 101 Å². The Morgan fingerprint density at radius 2 is 2.29 bits per heavy atom. The average molecular weight is 240 g/mol. The molecule has 0 aliphatic rings. The monoisotopic (exact) mass is 240 g/mol. The van der Waals surface area contributed by atoms with Gasteiger partial charge in [0.05, 0.1) is 19.2 Å². The van der Waals surface area contributed by atoms with Crippen molar-refractivity contribution in [3.63, 3.8) is 0 Å². The molecule has 1 aromatic heterocycles. The molecule has 1 rings (SSSR count). The largest absolute Gasteiger partial charge is 0.390 e. The molecule has 0 saturated carbocycles. The van der Waals surface area contributed by atoms with Crippen LogP contribution in [0.4, 0.5) is 0 Å². The number of hydrogen-bond acceptors (Lipinski definition) is 4. The summed E-state index contributed by atoms with van der Waals surface area (Å²) < 4.78 is 1.65. The summed E-state index contributed by atoms with van der Waals surface area (Å²) in [5.74, 6) is -0.0636. The highest BCUT2D eigenvalue weighted by Gasteiger charge is 2.07. The summed E-state index contributed by atoms with van der Waals surface area (Å²) in [7, 11) is 0. The zero-order chi connectivity index (χ0) is 12.7. The van der Waals surface area contributed by atoms with Gasteiger partial charge >= 0.3 is 0 Å². The summed E-state index contributed by atoms with van der Waals surface area (Å²) in [4.78, 5) is 11.3. The molecule has 0 saturated heterocycles. The van der Waals surface area contributed by atoms with Crippen molar-refractivity contribution in [2.75, 3.05) is 13.1 Å². The molecule has 0 fully saturated rings. The number of aliphatic hydroxyl groups is 1. The van der Waals surface area contributed by atoms with Crippen molar-refractivity contribution in [2.24, 2.45) is 0 Å². The van der Waals surface area contributed by atoms with E-state index in [9.17, 15) is 9.90 Å². The van der Waals surface area contributed by atoms with Crippen LogP contribution < -0.4 is 10.6 Å². The van der Waals surface area contributed by atoms with Crippen molar-refractivity contribution in [3.05, 3.63) is 18.5 Å². The topological polar surface area (TPSA) is 79.2 Å². The van der Waals surface area contributed by atoms with Crippen LogP contribution in [0.5, 0.6) is 0 Å². The Morgan fingerprint density at radius 3 is 2.88 bits per heavy atom. The van der Waals surface area contributed by atoms with Crippen LogP contribution in [0, 0.1) is 0 Å². The minimum atomic E-state index is -0.554. The van der Waals surface area contributed by atoms with Gasteiger partial charge in [0.25, 0.3) is 0 Å². The van der Waals surface area contributed by atoms with Crippen molar-refractivity contribution in [2.45, 2.75) is 32.5 Å². The van der Waals surface area contributed by atoms with Crippen LogP contribution >= 0.6 is 0 Å². The van der Waals surface area contributed by atoms with E-state index in [0.717, 1.165) is 0 Å². The van der Waals surface area contributed by atoms with Gasteiger partial charge in [-0.1, -0.05) is 0 Å². The van der Waals surface area contributed by atoms with Crippen molar-refractivity contribution in [1.82, 2.24) is 20.4 Å². The fourth-order valence-corrected chi connectivity index (χ4v) is 1.41. The van der Waals surface area contributed by atoms with Crippen LogP contribution in [0.15, 0.2) is 18.5 Å². The summed E-state index contributed by atoms with van der Waals surface area (Å²) >= 11 is 0. The molecule has 6 heteroatoms. The van der Waals surface area contributed by atoms with Gasteiger partial charge in [-0.2, -0.15) is 5.10 Å². The third kappa shape index (κ3) is 6.03. The smallest absolute Gasteiger partial charge is 0.234 e. The van der Waals surface area contributed by atoms with E-state index in [1.54, 1.807) is 23.1 Å². The zero-order valence-corrected chi connectivity index (χ0v) is 10.3. The maximum absolute atomic E-state index is 11.3. The summed E-state index contributed by atoms with van der Waals surface area (Å²) in [6.07, 6.45) is 2.90. The van der Waals surface area contributed by atoms with Crippen LogP contribution in [0.25, 0.3) is 0 Å². The molecule has 1 unspecified atom stereocenters. The van der Waals surface area contributed by atoms with Crippen LogP contribution in [0.3, 0.4) is 0 Å². The Kier molecular flexibility index (Phi) is 5.65. The summed E-state index contributed by atoms with van der Waals surface area (Å²) in [6.45, 7) is 4.82. The fraction of sp³-hybridized carbons (Fsp3) is 0.636. The molecule has 0 aromatic carbocycles. The number of aliphatic hydroxyl groups excluding tert-OH is 1. The van der Waals surface area contributed by atoms with Gasteiger partial charge in [0, 0.05) is 25.0 Å². The fourth-order valence-electron chi connectivity index (χ4n) is 1.41. The minimum absolute atomic E-state index is 0.0636. The molecular formula is C11H20N4O2. The summed E-state index contributed by atoms with van der Waals surface area (Å²) in [5.41, 5.74) is 0. The van der Waals surface area contributed by atoms with Crippen molar-refractivity contribution in [3.8, 4) is 0 Å². The highest BCUT2D eigenvalue weighted by Crippen LogP contribution is 1.89. The van der Waals surface area contributed by atoms with E-state index < -0.39 is 6.10 Å². The SMILES string of the molecule is CC(C)NC(=O)CNCC(O)Cn1cccn1. The van der Waals surface area contributed by atoms with Gasteiger partial charge in [0.1, 0.15) is 0 Å². The van der Waals surface area contributed by atoms with E-state index in [-0.39, 0.29) is 18.5 Å². The third-order valence-corrected chi connectivity index (χ3v) is 2.07. The van der Waals surface area contributed by atoms with E-state index in [0.29, 0.717) is 13.1 Å². The van der Waals surface area contributed by atoms with Gasteiger partial charge in [-0.05, 0) is 19.9 Å². The van der Waals surface area contributed by atoms with E-state index in [4.69, 9.17) is 0 Å². The molecule has 0 aliphatic heterocycles. The predicted molar refractivity (Wildman–Crippen MR) is 64.4 cm³/mol. The standard InChI is InChI=1S/C11H20N4O2/c1-9(2)14-11(17)7-12-6-10(16)8-15-5-3-4-13-15/h3-5,9-10,12,16H,6-8H2,1-2H3,(H,14,17). The maximum Gasteiger partial charge on any atom is 0.234 e. The highest BCUT2D eigenvalue weighted by molar-refractivity contribution is 5.78. The van der Waals surface area contributed by atoms with Crippen molar-refractivity contribution >= 4 is 5.91 Å². The molecule has 6 nitrogen and oxygen atoms in total.